The molecule has 2 N–H and O–H groups in total. The molecule has 0 bridgehead atoms. The van der Waals surface area contributed by atoms with Crippen LogP contribution in [-0.4, -0.2) is 18.5 Å². The molecule has 0 fully saturated rings. The van der Waals surface area contributed by atoms with Gasteiger partial charge in [0.1, 0.15) is 0 Å². The number of fused-ring (bicyclic) bond motifs is 1. The van der Waals surface area contributed by atoms with Crippen molar-refractivity contribution >= 4 is 40.3 Å². The number of carbonyl (C=O) groups is 2. The van der Waals surface area contributed by atoms with Crippen LogP contribution in [-0.2, 0) is 6.42 Å². The van der Waals surface area contributed by atoms with Gasteiger partial charge < -0.3 is 15.5 Å². The van der Waals surface area contributed by atoms with E-state index in [1.54, 1.807) is 4.90 Å². The third-order valence-corrected chi connectivity index (χ3v) is 5.84. The minimum absolute atomic E-state index is 0.00508. The summed E-state index contributed by atoms with van der Waals surface area (Å²) in [5.74, 6) is 0.00508. The van der Waals surface area contributed by atoms with E-state index in [1.807, 2.05) is 67.8 Å². The fourth-order valence-electron chi connectivity index (χ4n) is 3.31. The van der Waals surface area contributed by atoms with Gasteiger partial charge in [0.15, 0.2) is 0 Å². The quantitative estimate of drug-likeness (QED) is 0.644. The molecule has 6 heteroatoms. The van der Waals surface area contributed by atoms with Crippen molar-refractivity contribution < 1.29 is 9.59 Å². The number of thiophene rings is 1. The highest BCUT2D eigenvalue weighted by Gasteiger charge is 2.26. The SMILES string of the molecule is Cc1ccc(NC(=O)Nc2ccc3c(c2)N(C(=O)c2cccs2)CC3)cc1C. The van der Waals surface area contributed by atoms with Gasteiger partial charge in [-0.1, -0.05) is 18.2 Å². The molecular weight excluding hydrogens is 370 g/mol. The van der Waals surface area contributed by atoms with Crippen molar-refractivity contribution in [1.29, 1.82) is 0 Å². The Balaban J connectivity index is 1.49. The van der Waals surface area contributed by atoms with Crippen LogP contribution in [0.5, 0.6) is 0 Å². The first-order valence-corrected chi connectivity index (χ1v) is 10.0. The summed E-state index contributed by atoms with van der Waals surface area (Å²) in [7, 11) is 0. The van der Waals surface area contributed by atoms with Gasteiger partial charge in [-0.05, 0) is 72.7 Å². The first-order valence-electron chi connectivity index (χ1n) is 9.15. The summed E-state index contributed by atoms with van der Waals surface area (Å²) < 4.78 is 0. The van der Waals surface area contributed by atoms with Crippen LogP contribution in [0.25, 0.3) is 0 Å². The van der Waals surface area contributed by atoms with E-state index in [9.17, 15) is 9.59 Å². The van der Waals surface area contributed by atoms with Crippen LogP contribution in [0.4, 0.5) is 21.9 Å². The van der Waals surface area contributed by atoms with Crippen molar-refractivity contribution in [2.45, 2.75) is 20.3 Å². The Hall–Kier alpha value is -3.12. The lowest BCUT2D eigenvalue weighted by molar-refractivity contribution is 0.0993. The van der Waals surface area contributed by atoms with Gasteiger partial charge in [0.05, 0.1) is 4.88 Å². The third kappa shape index (κ3) is 3.64. The van der Waals surface area contributed by atoms with Crippen molar-refractivity contribution in [3.05, 3.63) is 75.5 Å². The largest absolute Gasteiger partial charge is 0.323 e. The molecule has 0 spiro atoms. The van der Waals surface area contributed by atoms with Crippen LogP contribution in [0.1, 0.15) is 26.4 Å². The topological polar surface area (TPSA) is 61.4 Å². The van der Waals surface area contributed by atoms with Gasteiger partial charge in [-0.25, -0.2) is 4.79 Å². The molecule has 142 valence electrons. The van der Waals surface area contributed by atoms with Crippen LogP contribution >= 0.6 is 11.3 Å². The summed E-state index contributed by atoms with van der Waals surface area (Å²) in [5.41, 5.74) is 5.69. The van der Waals surface area contributed by atoms with Crippen molar-refractivity contribution in [2.24, 2.45) is 0 Å². The highest BCUT2D eigenvalue weighted by Crippen LogP contribution is 2.32. The molecule has 0 atom stereocenters. The summed E-state index contributed by atoms with van der Waals surface area (Å²) in [6.07, 6.45) is 0.821. The minimum atomic E-state index is -0.308. The van der Waals surface area contributed by atoms with E-state index in [4.69, 9.17) is 0 Å². The maximum absolute atomic E-state index is 12.7. The van der Waals surface area contributed by atoms with Gasteiger partial charge in [-0.15, -0.1) is 11.3 Å². The zero-order valence-corrected chi connectivity index (χ0v) is 16.6. The summed E-state index contributed by atoms with van der Waals surface area (Å²) in [5, 5.41) is 7.62. The Morgan fingerprint density at radius 3 is 2.43 bits per heavy atom. The summed E-state index contributed by atoms with van der Waals surface area (Å²) >= 11 is 1.44. The number of aryl methyl sites for hydroxylation is 2. The van der Waals surface area contributed by atoms with Crippen molar-refractivity contribution in [3.8, 4) is 0 Å². The Labute approximate surface area is 168 Å². The molecule has 5 nitrogen and oxygen atoms in total. The first kappa shape index (κ1) is 18.3. The molecule has 1 aliphatic rings. The molecule has 0 saturated carbocycles. The average Bonchev–Trinajstić information content (AvgIpc) is 3.34. The standard InChI is InChI=1S/C22H21N3O2S/c1-14-5-7-17(12-15(14)2)23-22(27)24-18-8-6-16-9-10-25(19(16)13-18)21(26)20-4-3-11-28-20/h3-8,11-13H,9-10H2,1-2H3,(H2,23,24,27). The molecule has 4 rings (SSSR count). The maximum Gasteiger partial charge on any atom is 0.323 e. The van der Waals surface area contributed by atoms with Gasteiger partial charge in [0.2, 0.25) is 0 Å². The van der Waals surface area contributed by atoms with Crippen molar-refractivity contribution in [1.82, 2.24) is 0 Å². The predicted molar refractivity (Wildman–Crippen MR) is 115 cm³/mol. The maximum atomic E-state index is 12.7. The number of anilines is 3. The van der Waals surface area contributed by atoms with Crippen LogP contribution in [0.15, 0.2) is 53.9 Å². The van der Waals surface area contributed by atoms with Gasteiger partial charge in [0, 0.05) is 23.6 Å². The molecule has 0 saturated heterocycles. The van der Waals surface area contributed by atoms with E-state index in [2.05, 4.69) is 10.6 Å². The molecule has 0 radical (unpaired) electrons. The van der Waals surface area contributed by atoms with Gasteiger partial charge in [-0.3, -0.25) is 4.79 Å². The lowest BCUT2D eigenvalue weighted by atomic mass is 10.1. The number of rotatable bonds is 3. The van der Waals surface area contributed by atoms with Gasteiger partial charge in [-0.2, -0.15) is 0 Å². The minimum Gasteiger partial charge on any atom is -0.308 e. The molecular formula is C22H21N3O2S. The summed E-state index contributed by atoms with van der Waals surface area (Å²) in [6, 6.07) is 14.9. The molecule has 2 heterocycles. The Morgan fingerprint density at radius 2 is 1.71 bits per heavy atom. The number of amides is 3. The van der Waals surface area contributed by atoms with Crippen LogP contribution < -0.4 is 15.5 Å². The fourth-order valence-corrected chi connectivity index (χ4v) is 3.99. The molecule has 28 heavy (non-hydrogen) atoms. The molecule has 0 aliphatic carbocycles. The van der Waals surface area contributed by atoms with Crippen LogP contribution in [0, 0.1) is 13.8 Å². The van der Waals surface area contributed by atoms with E-state index in [-0.39, 0.29) is 11.9 Å². The van der Waals surface area contributed by atoms with Crippen molar-refractivity contribution in [3.63, 3.8) is 0 Å². The van der Waals surface area contributed by atoms with Crippen molar-refractivity contribution in [2.75, 3.05) is 22.1 Å². The second-order valence-corrected chi connectivity index (χ2v) is 7.85. The number of benzene rings is 2. The molecule has 3 amide bonds. The summed E-state index contributed by atoms with van der Waals surface area (Å²) in [6.45, 7) is 4.70. The second kappa shape index (κ2) is 7.48. The van der Waals surface area contributed by atoms with E-state index < -0.39 is 0 Å². The zero-order valence-electron chi connectivity index (χ0n) is 15.8. The molecule has 1 aliphatic heterocycles. The second-order valence-electron chi connectivity index (χ2n) is 6.91. The number of nitrogens with zero attached hydrogens (tertiary/aromatic N) is 1. The van der Waals surface area contributed by atoms with E-state index in [0.29, 0.717) is 12.2 Å². The van der Waals surface area contributed by atoms with E-state index in [0.717, 1.165) is 33.8 Å². The number of hydrogen-bond donors (Lipinski definition) is 2. The Kier molecular flexibility index (Phi) is 4.88. The monoisotopic (exact) mass is 391 g/mol. The normalized spacial score (nSPS) is 12.6. The first-order chi connectivity index (χ1) is 13.5. The number of carbonyl (C=O) groups excluding carboxylic acids is 2. The third-order valence-electron chi connectivity index (χ3n) is 4.98. The number of hydrogen-bond acceptors (Lipinski definition) is 3. The van der Waals surface area contributed by atoms with E-state index >= 15 is 0 Å². The van der Waals surface area contributed by atoms with E-state index in [1.165, 1.54) is 16.9 Å². The highest BCUT2D eigenvalue weighted by atomic mass is 32.1. The average molecular weight is 391 g/mol. The number of urea groups is 1. The predicted octanol–water partition coefficient (Wildman–Crippen LogP) is 5.21. The Bertz CT molecular complexity index is 1040. The number of nitrogens with one attached hydrogen (secondary N) is 2. The molecule has 1 aromatic heterocycles. The molecule has 3 aromatic rings. The zero-order chi connectivity index (χ0) is 19.7. The fraction of sp³-hybridized carbons (Fsp3) is 0.182. The lowest BCUT2D eigenvalue weighted by Crippen LogP contribution is -2.28. The van der Waals surface area contributed by atoms with Crippen LogP contribution in [0.3, 0.4) is 0 Å². The lowest BCUT2D eigenvalue weighted by Gasteiger charge is -2.17. The van der Waals surface area contributed by atoms with Crippen LogP contribution in [0.2, 0.25) is 0 Å². The molecule has 2 aromatic carbocycles. The van der Waals surface area contributed by atoms with Gasteiger partial charge in [0.25, 0.3) is 5.91 Å². The smallest absolute Gasteiger partial charge is 0.308 e. The van der Waals surface area contributed by atoms with Gasteiger partial charge >= 0.3 is 6.03 Å². The highest BCUT2D eigenvalue weighted by molar-refractivity contribution is 7.12. The Morgan fingerprint density at radius 1 is 0.964 bits per heavy atom. The molecule has 0 unspecified atom stereocenters. The summed E-state index contributed by atoms with van der Waals surface area (Å²) in [4.78, 5) is 27.6.